The van der Waals surface area contributed by atoms with Crippen molar-refractivity contribution in [1.29, 1.82) is 0 Å². The summed E-state index contributed by atoms with van der Waals surface area (Å²) in [7, 11) is 7.24. The molecule has 3 aromatic rings. The predicted molar refractivity (Wildman–Crippen MR) is 224 cm³/mol. The molecule has 1 aromatic heterocycles. The van der Waals surface area contributed by atoms with Crippen LogP contribution in [0.2, 0.25) is 0 Å². The maximum Gasteiger partial charge on any atom is 0.332 e. The Hall–Kier alpha value is -4.42. The highest BCUT2D eigenvalue weighted by Gasteiger charge is 2.54. The van der Waals surface area contributed by atoms with Gasteiger partial charge in [0.15, 0.2) is 5.69 Å². The first-order valence-corrected chi connectivity index (χ1v) is 20.7. The number of carbonyl (C=O) groups is 3. The Balaban J connectivity index is 1.63. The molecule has 1 heterocycles. The topological polar surface area (TPSA) is 141 Å². The monoisotopic (exact) mass is 787 g/mol. The number of carbonyl (C=O) groups excluding carboxylic acids is 3. The van der Waals surface area contributed by atoms with E-state index in [2.05, 4.69) is 31.0 Å². The van der Waals surface area contributed by atoms with Gasteiger partial charge in [0.05, 0.1) is 31.2 Å². The summed E-state index contributed by atoms with van der Waals surface area (Å²) in [6.45, 7) is 14.5. The van der Waals surface area contributed by atoms with Crippen molar-refractivity contribution in [2.24, 2.45) is 23.5 Å². The van der Waals surface area contributed by atoms with Gasteiger partial charge in [-0.25, -0.2) is 9.48 Å². The molecule has 3 N–H and O–H groups in total. The van der Waals surface area contributed by atoms with Crippen LogP contribution in [0.3, 0.4) is 0 Å². The minimum absolute atomic E-state index is 0.0215. The number of amides is 2. The Labute approximate surface area is 339 Å². The number of esters is 1. The number of nitrogens with one attached hydrogen (secondary N) is 1. The van der Waals surface area contributed by atoms with Crippen LogP contribution < -0.4 is 20.5 Å². The third-order valence-electron chi connectivity index (χ3n) is 11.5. The summed E-state index contributed by atoms with van der Waals surface area (Å²) in [5, 5.41) is 8.26. The summed E-state index contributed by atoms with van der Waals surface area (Å²) < 4.78 is 19.5. The SMILES string of the molecule is COc1cccc(OC)c1-c1cc(C(=O)NC2(C(=O)OC(C)(C)C)CCC3CC(C)CC2C3)nn1-c1ccc(C(=O)N(CCCN)CCCN(C)C)cc1C(C)C. The normalized spacial score (nSPS) is 20.7. The highest BCUT2D eigenvalue weighted by atomic mass is 16.6. The van der Waals surface area contributed by atoms with Crippen LogP contribution in [-0.4, -0.2) is 103 Å². The van der Waals surface area contributed by atoms with Gasteiger partial charge in [-0.1, -0.05) is 26.8 Å². The van der Waals surface area contributed by atoms with Gasteiger partial charge < -0.3 is 35.1 Å². The van der Waals surface area contributed by atoms with Crippen molar-refractivity contribution in [1.82, 2.24) is 24.9 Å². The van der Waals surface area contributed by atoms with Crippen LogP contribution in [0.5, 0.6) is 11.5 Å². The van der Waals surface area contributed by atoms with Crippen LogP contribution in [0.25, 0.3) is 16.9 Å². The first-order chi connectivity index (χ1) is 27.0. The first kappa shape index (κ1) is 43.7. The molecule has 2 saturated carbocycles. The van der Waals surface area contributed by atoms with Crippen molar-refractivity contribution in [2.75, 3.05) is 54.5 Å². The van der Waals surface area contributed by atoms with Gasteiger partial charge in [0, 0.05) is 18.7 Å². The van der Waals surface area contributed by atoms with Crippen LogP contribution in [0.4, 0.5) is 0 Å². The minimum atomic E-state index is -1.19. The summed E-state index contributed by atoms with van der Waals surface area (Å²) in [4.78, 5) is 47.0. The zero-order valence-corrected chi connectivity index (χ0v) is 35.9. The molecule has 0 spiro atoms. The number of methoxy groups -OCH3 is 2. The Morgan fingerprint density at radius 3 is 2.28 bits per heavy atom. The second-order valence-corrected chi connectivity index (χ2v) is 17.7. The number of benzene rings is 2. The summed E-state index contributed by atoms with van der Waals surface area (Å²) in [6, 6.07) is 12.9. The molecule has 12 heteroatoms. The first-order valence-electron chi connectivity index (χ1n) is 20.7. The summed E-state index contributed by atoms with van der Waals surface area (Å²) in [6.07, 6.45) is 5.72. The Morgan fingerprint density at radius 1 is 0.982 bits per heavy atom. The van der Waals surface area contributed by atoms with Gasteiger partial charge in [-0.05, 0) is 159 Å². The lowest BCUT2D eigenvalue weighted by atomic mass is 9.60. The van der Waals surface area contributed by atoms with Crippen LogP contribution >= 0.6 is 0 Å². The van der Waals surface area contributed by atoms with E-state index in [1.165, 1.54) is 0 Å². The van der Waals surface area contributed by atoms with E-state index in [0.717, 1.165) is 44.2 Å². The fraction of sp³-hybridized carbons (Fsp3) is 0.600. The smallest absolute Gasteiger partial charge is 0.332 e. The van der Waals surface area contributed by atoms with E-state index in [0.29, 0.717) is 78.3 Å². The number of hydrogen-bond donors (Lipinski definition) is 2. The fourth-order valence-electron chi connectivity index (χ4n) is 8.80. The maximum atomic E-state index is 14.7. The number of rotatable bonds is 16. The second-order valence-electron chi connectivity index (χ2n) is 17.7. The standard InChI is InChI=1S/C45H66N6O6/c1-29(2)34-27-32(42(53)50(22-12-20-46)23-13-21-49(7)8)16-17-36(34)51-37(40-38(55-9)14-11-15-39(40)56-10)28-35(48-51)41(52)47-45(43(54)57-44(4,5)6)19-18-31-24-30(3)25-33(45)26-31/h11,14-17,27-31,33H,12-13,18-26,46H2,1-10H3,(H,47,52). The third-order valence-corrected chi connectivity index (χ3v) is 11.5. The lowest BCUT2D eigenvalue weighted by Gasteiger charge is -2.50. The van der Waals surface area contributed by atoms with E-state index in [4.69, 9.17) is 25.0 Å². The molecule has 0 saturated heterocycles. The van der Waals surface area contributed by atoms with E-state index in [9.17, 15) is 14.4 Å². The Kier molecular flexibility index (Phi) is 14.1. The van der Waals surface area contributed by atoms with Gasteiger partial charge >= 0.3 is 5.97 Å². The molecule has 312 valence electrons. The van der Waals surface area contributed by atoms with Gasteiger partial charge in [0.2, 0.25) is 0 Å². The Morgan fingerprint density at radius 2 is 1.67 bits per heavy atom. The molecule has 4 unspecified atom stereocenters. The zero-order valence-electron chi connectivity index (χ0n) is 35.9. The molecule has 12 nitrogen and oxygen atoms in total. The van der Waals surface area contributed by atoms with Crippen molar-refractivity contribution in [3.8, 4) is 28.4 Å². The predicted octanol–water partition coefficient (Wildman–Crippen LogP) is 7.08. The average molecular weight is 787 g/mol. The van der Waals surface area contributed by atoms with Gasteiger partial charge in [-0.2, -0.15) is 5.10 Å². The average Bonchev–Trinajstić information content (AvgIpc) is 3.60. The number of hydrogen-bond acceptors (Lipinski definition) is 9. The minimum Gasteiger partial charge on any atom is -0.496 e. The number of aromatic nitrogens is 2. The molecule has 2 fully saturated rings. The van der Waals surface area contributed by atoms with Crippen LogP contribution in [0, 0.1) is 17.8 Å². The largest absolute Gasteiger partial charge is 0.496 e. The molecule has 0 aliphatic heterocycles. The van der Waals surface area contributed by atoms with Gasteiger partial charge in [-0.3, -0.25) is 9.59 Å². The molecule has 4 atom stereocenters. The zero-order chi connectivity index (χ0) is 41.7. The second kappa shape index (κ2) is 18.4. The lowest BCUT2D eigenvalue weighted by molar-refractivity contribution is -0.169. The van der Waals surface area contributed by atoms with Crippen molar-refractivity contribution in [3.05, 3.63) is 59.3 Å². The Bertz CT molecular complexity index is 1860. The molecule has 2 amide bonds. The number of nitrogens with two attached hydrogens (primary N) is 1. The molecular weight excluding hydrogens is 721 g/mol. The summed E-state index contributed by atoms with van der Waals surface area (Å²) in [5.41, 5.74) is 7.41. The van der Waals surface area contributed by atoms with E-state index < -0.39 is 23.0 Å². The highest BCUT2D eigenvalue weighted by Crippen LogP contribution is 2.49. The van der Waals surface area contributed by atoms with Gasteiger partial charge in [-0.15, -0.1) is 0 Å². The quantitative estimate of drug-likeness (QED) is 0.146. The van der Waals surface area contributed by atoms with Crippen molar-refractivity contribution in [2.45, 2.75) is 104 Å². The van der Waals surface area contributed by atoms with Crippen LogP contribution in [0.1, 0.15) is 119 Å². The molecule has 2 bridgehead atoms. The van der Waals surface area contributed by atoms with E-state index in [-0.39, 0.29) is 23.4 Å². The van der Waals surface area contributed by atoms with E-state index in [1.54, 1.807) is 25.0 Å². The fourth-order valence-corrected chi connectivity index (χ4v) is 8.80. The van der Waals surface area contributed by atoms with Crippen molar-refractivity contribution in [3.63, 3.8) is 0 Å². The van der Waals surface area contributed by atoms with E-state index in [1.807, 2.05) is 76.2 Å². The van der Waals surface area contributed by atoms with Crippen molar-refractivity contribution >= 4 is 17.8 Å². The van der Waals surface area contributed by atoms with E-state index >= 15 is 0 Å². The number of fused-ring (bicyclic) bond motifs is 2. The number of ether oxygens (including phenoxy) is 3. The van der Waals surface area contributed by atoms with Gasteiger partial charge in [0.25, 0.3) is 11.8 Å². The van der Waals surface area contributed by atoms with Crippen LogP contribution in [0.15, 0.2) is 42.5 Å². The molecule has 2 aromatic carbocycles. The molecule has 2 aliphatic rings. The molecule has 5 rings (SSSR count). The molecule has 0 radical (unpaired) electrons. The van der Waals surface area contributed by atoms with Gasteiger partial charge in [0.1, 0.15) is 22.6 Å². The third kappa shape index (κ3) is 10.0. The molecule has 2 aliphatic carbocycles. The van der Waals surface area contributed by atoms with Crippen molar-refractivity contribution < 1.29 is 28.6 Å². The summed E-state index contributed by atoms with van der Waals surface area (Å²) in [5.74, 6) is 1.04. The summed E-state index contributed by atoms with van der Waals surface area (Å²) >= 11 is 0. The maximum absolute atomic E-state index is 14.7. The highest BCUT2D eigenvalue weighted by molar-refractivity contribution is 5.99. The number of nitrogens with zero attached hydrogens (tertiary/aromatic N) is 4. The molecule has 57 heavy (non-hydrogen) atoms. The lowest BCUT2D eigenvalue weighted by Crippen LogP contribution is -2.64. The molecular formula is C45H66N6O6. The van der Waals surface area contributed by atoms with Crippen LogP contribution in [-0.2, 0) is 9.53 Å².